The van der Waals surface area contributed by atoms with Crippen molar-refractivity contribution in [3.05, 3.63) is 17.5 Å². The molecular weight excluding hydrogens is 383 g/mol. The summed E-state index contributed by atoms with van der Waals surface area (Å²) in [5.74, 6) is 0.284. The lowest BCUT2D eigenvalue weighted by molar-refractivity contribution is -0.145. The van der Waals surface area contributed by atoms with Crippen LogP contribution >= 0.6 is 0 Å². The summed E-state index contributed by atoms with van der Waals surface area (Å²) in [5, 5.41) is 17.7. The lowest BCUT2D eigenvalue weighted by Crippen LogP contribution is -2.42. The lowest BCUT2D eigenvalue weighted by Gasteiger charge is -2.33. The van der Waals surface area contributed by atoms with E-state index in [1.807, 2.05) is 0 Å². The summed E-state index contributed by atoms with van der Waals surface area (Å²) in [5.41, 5.74) is -1.93. The van der Waals surface area contributed by atoms with Crippen LogP contribution < -0.4 is 5.32 Å². The third kappa shape index (κ3) is 3.37. The monoisotopic (exact) mass is 411 g/mol. The van der Waals surface area contributed by atoms with Gasteiger partial charge in [0.05, 0.1) is 23.4 Å². The quantitative estimate of drug-likeness (QED) is 0.788. The highest BCUT2D eigenvalue weighted by molar-refractivity contribution is 5.95. The van der Waals surface area contributed by atoms with Gasteiger partial charge in [-0.25, -0.2) is 0 Å². The van der Waals surface area contributed by atoms with Crippen molar-refractivity contribution in [2.24, 2.45) is 17.8 Å². The molecule has 160 valence electrons. The summed E-state index contributed by atoms with van der Waals surface area (Å²) in [6.45, 7) is 0. The molecule has 5 rings (SSSR count). The number of carbonyl (C=O) groups excluding carboxylic acids is 1. The Morgan fingerprint density at radius 2 is 1.93 bits per heavy atom. The molecule has 5 atom stereocenters. The highest BCUT2D eigenvalue weighted by Crippen LogP contribution is 2.55. The van der Waals surface area contributed by atoms with Crippen molar-refractivity contribution < 1.29 is 23.1 Å². The SMILES string of the molecule is O=C(N[C@H]1CCC2CC3CC(O)(C2)CC31)c1cnn(C2CCCC2)c1C(F)(F)F. The first kappa shape index (κ1) is 19.4. The van der Waals surface area contributed by atoms with Crippen molar-refractivity contribution in [2.45, 2.75) is 88.1 Å². The predicted molar refractivity (Wildman–Crippen MR) is 99.1 cm³/mol. The molecule has 1 aromatic rings. The van der Waals surface area contributed by atoms with Gasteiger partial charge in [0.25, 0.3) is 5.91 Å². The van der Waals surface area contributed by atoms with Crippen LogP contribution in [0.1, 0.15) is 86.3 Å². The second-order valence-electron chi connectivity index (χ2n) is 9.81. The van der Waals surface area contributed by atoms with E-state index >= 15 is 0 Å². The average molecular weight is 411 g/mol. The van der Waals surface area contributed by atoms with Gasteiger partial charge in [-0.05, 0) is 69.1 Å². The third-order valence-corrected chi connectivity index (χ3v) is 7.87. The van der Waals surface area contributed by atoms with E-state index in [1.165, 1.54) is 0 Å². The standard InChI is InChI=1S/C21H28F3N3O2/c22-21(23,24)18-16(11-25-27(18)14-3-1-2-4-14)19(28)26-17-6-5-12-7-13-9-20(29,8-12)10-15(13)17/h11-15,17,29H,1-10H2,(H,26,28)/t12?,13?,15?,17-,20?/m0/s1. The largest absolute Gasteiger partial charge is 0.433 e. The molecule has 1 aromatic heterocycles. The maximum atomic E-state index is 13.8. The maximum absolute atomic E-state index is 13.8. The molecule has 4 aliphatic rings. The molecule has 3 bridgehead atoms. The van der Waals surface area contributed by atoms with Crippen molar-refractivity contribution >= 4 is 5.91 Å². The number of fused-ring (bicyclic) bond motifs is 2. The number of rotatable bonds is 3. The number of aliphatic hydroxyl groups is 1. The van der Waals surface area contributed by atoms with Gasteiger partial charge in [-0.3, -0.25) is 9.48 Å². The molecule has 4 aliphatic carbocycles. The van der Waals surface area contributed by atoms with E-state index in [9.17, 15) is 23.1 Å². The van der Waals surface area contributed by atoms with Gasteiger partial charge in [0.1, 0.15) is 0 Å². The van der Waals surface area contributed by atoms with Crippen molar-refractivity contribution in [2.75, 3.05) is 0 Å². The number of carbonyl (C=O) groups is 1. The van der Waals surface area contributed by atoms with Gasteiger partial charge < -0.3 is 10.4 Å². The topological polar surface area (TPSA) is 67.2 Å². The summed E-state index contributed by atoms with van der Waals surface area (Å²) in [6, 6.07) is -0.464. The first-order chi connectivity index (χ1) is 13.7. The Balaban J connectivity index is 1.40. The van der Waals surface area contributed by atoms with Crippen LogP contribution in [0.2, 0.25) is 0 Å². The number of hydrogen-bond donors (Lipinski definition) is 2. The van der Waals surface area contributed by atoms with Gasteiger partial charge in [-0.15, -0.1) is 0 Å². The Bertz CT molecular complexity index is 802. The smallest absolute Gasteiger partial charge is 0.390 e. The number of aromatic nitrogens is 2. The summed E-state index contributed by atoms with van der Waals surface area (Å²) in [7, 11) is 0. The fourth-order valence-corrected chi connectivity index (χ4v) is 6.78. The number of alkyl halides is 3. The maximum Gasteiger partial charge on any atom is 0.433 e. The summed E-state index contributed by atoms with van der Waals surface area (Å²) in [4.78, 5) is 13.0. The normalized spacial score (nSPS) is 37.1. The van der Waals surface area contributed by atoms with E-state index in [-0.39, 0.29) is 23.6 Å². The Labute approximate surface area is 168 Å². The summed E-state index contributed by atoms with van der Waals surface area (Å²) < 4.78 is 42.6. The number of halogens is 3. The second kappa shape index (κ2) is 6.72. The Hall–Kier alpha value is -1.57. The van der Waals surface area contributed by atoms with Crippen LogP contribution in [0.3, 0.4) is 0 Å². The van der Waals surface area contributed by atoms with E-state index in [0.717, 1.165) is 55.8 Å². The molecule has 0 radical (unpaired) electrons. The predicted octanol–water partition coefficient (Wildman–Crippen LogP) is 4.08. The minimum atomic E-state index is -4.62. The minimum Gasteiger partial charge on any atom is -0.390 e. The fraction of sp³-hybridized carbons (Fsp3) is 0.810. The molecule has 29 heavy (non-hydrogen) atoms. The van der Waals surface area contributed by atoms with E-state index in [2.05, 4.69) is 10.4 Å². The van der Waals surface area contributed by atoms with Crippen molar-refractivity contribution in [1.29, 1.82) is 0 Å². The number of nitrogens with one attached hydrogen (secondary N) is 1. The zero-order valence-electron chi connectivity index (χ0n) is 16.4. The van der Waals surface area contributed by atoms with Crippen LogP contribution in [0.15, 0.2) is 6.20 Å². The van der Waals surface area contributed by atoms with Crippen LogP contribution in [0.4, 0.5) is 13.2 Å². The zero-order valence-corrected chi connectivity index (χ0v) is 16.4. The number of amides is 1. The molecule has 0 aromatic carbocycles. The Kier molecular flexibility index (Phi) is 4.50. The van der Waals surface area contributed by atoms with Gasteiger partial charge in [0.15, 0.2) is 5.69 Å². The minimum absolute atomic E-state index is 0.149. The highest BCUT2D eigenvalue weighted by Gasteiger charge is 2.54. The van der Waals surface area contributed by atoms with Gasteiger partial charge in [0, 0.05) is 6.04 Å². The van der Waals surface area contributed by atoms with Crippen LogP contribution in [-0.4, -0.2) is 32.4 Å². The average Bonchev–Trinajstić information content (AvgIpc) is 3.33. The first-order valence-corrected chi connectivity index (χ1v) is 10.9. The zero-order chi connectivity index (χ0) is 20.4. The molecule has 1 heterocycles. The summed E-state index contributed by atoms with van der Waals surface area (Å²) >= 11 is 0. The van der Waals surface area contributed by atoms with Crippen LogP contribution in [0, 0.1) is 17.8 Å². The third-order valence-electron chi connectivity index (χ3n) is 7.87. The van der Waals surface area contributed by atoms with E-state index in [1.54, 1.807) is 0 Å². The molecule has 8 heteroatoms. The molecule has 0 saturated heterocycles. The van der Waals surface area contributed by atoms with E-state index < -0.39 is 23.4 Å². The van der Waals surface area contributed by atoms with E-state index in [4.69, 9.17) is 0 Å². The van der Waals surface area contributed by atoms with Gasteiger partial charge in [-0.1, -0.05) is 12.8 Å². The molecule has 4 saturated carbocycles. The highest BCUT2D eigenvalue weighted by atomic mass is 19.4. The number of nitrogens with zero attached hydrogens (tertiary/aromatic N) is 2. The molecular formula is C21H28F3N3O2. The van der Waals surface area contributed by atoms with Crippen LogP contribution in [0.25, 0.3) is 0 Å². The Morgan fingerprint density at radius 3 is 2.66 bits per heavy atom. The molecule has 5 nitrogen and oxygen atoms in total. The van der Waals surface area contributed by atoms with Gasteiger partial charge >= 0.3 is 6.18 Å². The molecule has 1 amide bonds. The molecule has 0 spiro atoms. The second-order valence-corrected chi connectivity index (χ2v) is 9.81. The Morgan fingerprint density at radius 1 is 1.17 bits per heavy atom. The van der Waals surface area contributed by atoms with Crippen LogP contribution in [0.5, 0.6) is 0 Å². The number of hydrogen-bond acceptors (Lipinski definition) is 3. The van der Waals surface area contributed by atoms with Crippen molar-refractivity contribution in [1.82, 2.24) is 15.1 Å². The van der Waals surface area contributed by atoms with Gasteiger partial charge in [0.2, 0.25) is 0 Å². The first-order valence-electron chi connectivity index (χ1n) is 10.9. The van der Waals surface area contributed by atoms with Crippen molar-refractivity contribution in [3.63, 3.8) is 0 Å². The van der Waals surface area contributed by atoms with Crippen molar-refractivity contribution in [3.8, 4) is 0 Å². The lowest BCUT2D eigenvalue weighted by atomic mass is 9.77. The molecule has 4 unspecified atom stereocenters. The fourth-order valence-electron chi connectivity index (χ4n) is 6.78. The molecule has 4 fully saturated rings. The van der Waals surface area contributed by atoms with E-state index in [0.29, 0.717) is 31.1 Å². The van der Waals surface area contributed by atoms with Crippen LogP contribution in [-0.2, 0) is 6.18 Å². The van der Waals surface area contributed by atoms with Gasteiger partial charge in [-0.2, -0.15) is 18.3 Å². The summed E-state index contributed by atoms with van der Waals surface area (Å²) in [6.07, 6.45) is 4.54. The molecule has 0 aliphatic heterocycles. The molecule has 2 N–H and O–H groups in total.